The highest BCUT2D eigenvalue weighted by molar-refractivity contribution is 5.81. The molecule has 0 spiro atoms. The summed E-state index contributed by atoms with van der Waals surface area (Å²) in [6.07, 6.45) is 12.2. The highest BCUT2D eigenvalue weighted by atomic mass is 16.5. The normalized spacial score (nSPS) is 11.9. The molecule has 1 aromatic heterocycles. The average Bonchev–Trinajstić information content (AvgIpc) is 3.34. The standard InChI is InChI=1S/C28H38N4O2/c1-2-3-4-5-6-7-8-10-13-22-16-18-24(19-17-22)27-31-26(34-32-27)21-30-28(33)25(29)20-23-14-11-9-12-15-23/h9,11-12,14-19,25H,2-8,10,13,20-21,29H2,1H3,(H,30,33)/t25-/m0/s1. The van der Waals surface area contributed by atoms with E-state index >= 15 is 0 Å². The van der Waals surface area contributed by atoms with Crippen molar-refractivity contribution in [3.8, 4) is 11.4 Å². The molecule has 0 fully saturated rings. The first-order valence-electron chi connectivity index (χ1n) is 12.6. The van der Waals surface area contributed by atoms with Gasteiger partial charge in [0.05, 0.1) is 12.6 Å². The molecule has 6 heteroatoms. The molecule has 2 aromatic carbocycles. The van der Waals surface area contributed by atoms with E-state index < -0.39 is 6.04 Å². The van der Waals surface area contributed by atoms with Gasteiger partial charge in [-0.3, -0.25) is 4.79 Å². The van der Waals surface area contributed by atoms with Gasteiger partial charge in [0, 0.05) is 5.56 Å². The SMILES string of the molecule is CCCCCCCCCCc1ccc(-c2noc(CNC(=O)[C@@H](N)Cc3ccccc3)n2)cc1. The van der Waals surface area contributed by atoms with Crippen molar-refractivity contribution in [1.82, 2.24) is 15.5 Å². The van der Waals surface area contributed by atoms with Crippen molar-refractivity contribution in [2.45, 2.75) is 83.7 Å². The van der Waals surface area contributed by atoms with Crippen LogP contribution < -0.4 is 11.1 Å². The van der Waals surface area contributed by atoms with E-state index in [1.807, 2.05) is 42.5 Å². The van der Waals surface area contributed by atoms with Crippen molar-refractivity contribution < 1.29 is 9.32 Å². The first-order chi connectivity index (χ1) is 16.7. The van der Waals surface area contributed by atoms with Gasteiger partial charge in [-0.25, -0.2) is 0 Å². The largest absolute Gasteiger partial charge is 0.346 e. The van der Waals surface area contributed by atoms with Gasteiger partial charge < -0.3 is 15.6 Å². The number of unbranched alkanes of at least 4 members (excludes halogenated alkanes) is 7. The molecule has 1 heterocycles. The zero-order valence-corrected chi connectivity index (χ0v) is 20.3. The fraction of sp³-hybridized carbons (Fsp3) is 0.464. The lowest BCUT2D eigenvalue weighted by molar-refractivity contribution is -0.122. The zero-order chi connectivity index (χ0) is 24.0. The number of nitrogens with zero attached hydrogens (tertiary/aromatic N) is 2. The molecule has 3 N–H and O–H groups in total. The summed E-state index contributed by atoms with van der Waals surface area (Å²) in [5.74, 6) is 0.642. The monoisotopic (exact) mass is 462 g/mol. The number of carbonyl (C=O) groups excluding carboxylic acids is 1. The van der Waals surface area contributed by atoms with Gasteiger partial charge in [0.1, 0.15) is 0 Å². The summed E-state index contributed by atoms with van der Waals surface area (Å²) in [5, 5.41) is 6.84. The molecule has 1 atom stereocenters. The van der Waals surface area contributed by atoms with Crippen LogP contribution >= 0.6 is 0 Å². The predicted octanol–water partition coefficient (Wildman–Crippen LogP) is 5.61. The fourth-order valence-corrected chi connectivity index (χ4v) is 3.98. The van der Waals surface area contributed by atoms with E-state index in [-0.39, 0.29) is 12.5 Å². The molecule has 0 unspecified atom stereocenters. The summed E-state index contributed by atoms with van der Waals surface area (Å²) in [6.45, 7) is 2.42. The maximum Gasteiger partial charge on any atom is 0.246 e. The molecular weight excluding hydrogens is 424 g/mol. The molecule has 3 rings (SSSR count). The second-order valence-corrected chi connectivity index (χ2v) is 8.95. The van der Waals surface area contributed by atoms with Crippen molar-refractivity contribution in [3.63, 3.8) is 0 Å². The smallest absolute Gasteiger partial charge is 0.246 e. The topological polar surface area (TPSA) is 94.0 Å². The summed E-state index contributed by atoms with van der Waals surface area (Å²) in [5.41, 5.74) is 9.28. The minimum Gasteiger partial charge on any atom is -0.346 e. The van der Waals surface area contributed by atoms with Crippen LogP contribution in [-0.2, 0) is 24.2 Å². The van der Waals surface area contributed by atoms with Crippen molar-refractivity contribution in [2.75, 3.05) is 0 Å². The van der Waals surface area contributed by atoms with E-state index in [0.29, 0.717) is 18.1 Å². The number of hydrogen-bond acceptors (Lipinski definition) is 5. The van der Waals surface area contributed by atoms with Gasteiger partial charge in [-0.1, -0.05) is 112 Å². The first kappa shape index (κ1) is 25.6. The van der Waals surface area contributed by atoms with Gasteiger partial charge in [0.2, 0.25) is 17.6 Å². The van der Waals surface area contributed by atoms with Gasteiger partial charge in [0.15, 0.2) is 0 Å². The van der Waals surface area contributed by atoms with Crippen molar-refractivity contribution in [1.29, 1.82) is 0 Å². The van der Waals surface area contributed by atoms with Crippen LogP contribution in [0.3, 0.4) is 0 Å². The van der Waals surface area contributed by atoms with Crippen molar-refractivity contribution in [3.05, 3.63) is 71.6 Å². The molecule has 0 aliphatic rings. The second-order valence-electron chi connectivity index (χ2n) is 8.95. The Morgan fingerprint density at radius 1 is 0.912 bits per heavy atom. The van der Waals surface area contributed by atoms with Crippen LogP contribution in [0.2, 0.25) is 0 Å². The van der Waals surface area contributed by atoms with Gasteiger partial charge in [-0.15, -0.1) is 0 Å². The van der Waals surface area contributed by atoms with Gasteiger partial charge in [-0.05, 0) is 30.4 Å². The molecule has 182 valence electrons. The molecule has 0 aliphatic heterocycles. The lowest BCUT2D eigenvalue weighted by Crippen LogP contribution is -2.41. The van der Waals surface area contributed by atoms with E-state index in [9.17, 15) is 4.79 Å². The molecule has 0 aliphatic carbocycles. The number of hydrogen-bond donors (Lipinski definition) is 2. The van der Waals surface area contributed by atoms with Crippen LogP contribution in [0.1, 0.15) is 75.3 Å². The van der Waals surface area contributed by atoms with Crippen molar-refractivity contribution >= 4 is 5.91 Å². The average molecular weight is 463 g/mol. The van der Waals surface area contributed by atoms with Crippen LogP contribution in [0.5, 0.6) is 0 Å². The van der Waals surface area contributed by atoms with E-state index in [4.69, 9.17) is 10.3 Å². The Hall–Kier alpha value is -2.99. The quantitative estimate of drug-likeness (QED) is 0.286. The van der Waals surface area contributed by atoms with Crippen molar-refractivity contribution in [2.24, 2.45) is 5.73 Å². The molecular formula is C28H38N4O2. The van der Waals surface area contributed by atoms with Gasteiger partial charge in [-0.2, -0.15) is 4.98 Å². The number of carbonyl (C=O) groups is 1. The minimum absolute atomic E-state index is 0.158. The van der Waals surface area contributed by atoms with Crippen LogP contribution in [0.4, 0.5) is 0 Å². The molecule has 0 bridgehead atoms. The van der Waals surface area contributed by atoms with E-state index in [0.717, 1.165) is 17.5 Å². The maximum atomic E-state index is 12.3. The Morgan fingerprint density at radius 2 is 1.59 bits per heavy atom. The third-order valence-corrected chi connectivity index (χ3v) is 6.05. The van der Waals surface area contributed by atoms with Gasteiger partial charge in [0.25, 0.3) is 0 Å². The fourth-order valence-electron chi connectivity index (χ4n) is 3.98. The third kappa shape index (κ3) is 8.75. The third-order valence-electron chi connectivity index (χ3n) is 6.05. The predicted molar refractivity (Wildman–Crippen MR) is 136 cm³/mol. The molecule has 1 amide bonds. The summed E-state index contributed by atoms with van der Waals surface area (Å²) in [4.78, 5) is 16.7. The second kappa shape index (κ2) is 14.3. The highest BCUT2D eigenvalue weighted by Crippen LogP contribution is 2.18. The molecule has 34 heavy (non-hydrogen) atoms. The van der Waals surface area contributed by atoms with Crippen LogP contribution in [0, 0.1) is 0 Å². The lowest BCUT2D eigenvalue weighted by Gasteiger charge is -2.11. The summed E-state index contributed by atoms with van der Waals surface area (Å²) >= 11 is 0. The lowest BCUT2D eigenvalue weighted by atomic mass is 10.0. The number of amides is 1. The number of benzene rings is 2. The number of aryl methyl sites for hydroxylation is 1. The van der Waals surface area contributed by atoms with E-state index in [2.05, 4.69) is 34.5 Å². The summed E-state index contributed by atoms with van der Waals surface area (Å²) < 4.78 is 5.31. The summed E-state index contributed by atoms with van der Waals surface area (Å²) in [7, 11) is 0. The molecule has 0 saturated heterocycles. The van der Waals surface area contributed by atoms with E-state index in [1.165, 1.54) is 56.9 Å². The Bertz CT molecular complexity index is 970. The Kier molecular flexibility index (Phi) is 10.8. The van der Waals surface area contributed by atoms with Crippen LogP contribution in [-0.4, -0.2) is 22.1 Å². The van der Waals surface area contributed by atoms with Crippen LogP contribution in [0.25, 0.3) is 11.4 Å². The molecule has 0 radical (unpaired) electrons. The molecule has 0 saturated carbocycles. The Morgan fingerprint density at radius 3 is 2.29 bits per heavy atom. The highest BCUT2D eigenvalue weighted by Gasteiger charge is 2.15. The molecule has 3 aromatic rings. The number of aromatic nitrogens is 2. The first-order valence-corrected chi connectivity index (χ1v) is 12.6. The van der Waals surface area contributed by atoms with E-state index in [1.54, 1.807) is 0 Å². The Labute approximate surface area is 203 Å². The number of nitrogens with one attached hydrogen (secondary N) is 1. The summed E-state index contributed by atoms with van der Waals surface area (Å²) in [6, 6.07) is 17.4. The van der Waals surface area contributed by atoms with Crippen LogP contribution in [0.15, 0.2) is 59.1 Å². The van der Waals surface area contributed by atoms with Gasteiger partial charge >= 0.3 is 0 Å². The minimum atomic E-state index is -0.626. The molecule has 6 nitrogen and oxygen atoms in total. The maximum absolute atomic E-state index is 12.3. The number of nitrogens with two attached hydrogens (primary N) is 1. The Balaban J connectivity index is 1.38. The number of rotatable bonds is 15. The zero-order valence-electron chi connectivity index (χ0n) is 20.3.